The maximum absolute atomic E-state index is 5.00. The first-order chi connectivity index (χ1) is 11.0. The molecule has 2 aromatic heterocycles. The van der Waals surface area contributed by atoms with Crippen molar-refractivity contribution in [3.8, 4) is 22.5 Å². The Labute approximate surface area is 136 Å². The fraction of sp³-hybridized carbons (Fsp3) is 0.250. The SMILES string of the molecule is Cc1cc(C)c(C)c(-c2nc3c(c[n+]2C)-c2cccnc2C3)c1. The van der Waals surface area contributed by atoms with Gasteiger partial charge in [-0.25, -0.2) is 4.57 Å². The van der Waals surface area contributed by atoms with Crippen LogP contribution in [0.1, 0.15) is 28.1 Å². The quantitative estimate of drug-likeness (QED) is 0.504. The Morgan fingerprint density at radius 3 is 2.65 bits per heavy atom. The van der Waals surface area contributed by atoms with E-state index >= 15 is 0 Å². The second-order valence-corrected chi connectivity index (χ2v) is 6.46. The fourth-order valence-corrected chi connectivity index (χ4v) is 3.46. The Kier molecular flexibility index (Phi) is 3.05. The minimum atomic E-state index is 0.823. The molecule has 0 aliphatic heterocycles. The van der Waals surface area contributed by atoms with Gasteiger partial charge in [0, 0.05) is 11.8 Å². The molecule has 0 bridgehead atoms. The highest BCUT2D eigenvalue weighted by molar-refractivity contribution is 5.73. The fourth-order valence-electron chi connectivity index (χ4n) is 3.46. The highest BCUT2D eigenvalue weighted by Crippen LogP contribution is 2.34. The smallest absolute Gasteiger partial charge is 0.260 e. The van der Waals surface area contributed by atoms with E-state index in [1.165, 1.54) is 33.4 Å². The van der Waals surface area contributed by atoms with E-state index in [2.05, 4.69) is 61.8 Å². The molecule has 0 radical (unpaired) electrons. The molecule has 1 aliphatic carbocycles. The van der Waals surface area contributed by atoms with Crippen LogP contribution in [0.3, 0.4) is 0 Å². The van der Waals surface area contributed by atoms with Crippen molar-refractivity contribution in [2.24, 2.45) is 7.05 Å². The molecule has 114 valence electrons. The minimum absolute atomic E-state index is 0.823. The second-order valence-electron chi connectivity index (χ2n) is 6.46. The molecule has 0 amide bonds. The van der Waals surface area contributed by atoms with Crippen LogP contribution in [0.5, 0.6) is 0 Å². The average Bonchev–Trinajstić information content (AvgIpc) is 2.88. The Morgan fingerprint density at radius 2 is 1.83 bits per heavy atom. The molecule has 0 atom stereocenters. The summed E-state index contributed by atoms with van der Waals surface area (Å²) in [5.74, 6) is 1.03. The van der Waals surface area contributed by atoms with Gasteiger partial charge in [-0.3, -0.25) is 4.98 Å². The van der Waals surface area contributed by atoms with E-state index < -0.39 is 0 Å². The Balaban J connectivity index is 1.93. The van der Waals surface area contributed by atoms with Crippen molar-refractivity contribution in [2.45, 2.75) is 27.2 Å². The van der Waals surface area contributed by atoms with Crippen LogP contribution in [0.2, 0.25) is 0 Å². The van der Waals surface area contributed by atoms with Crippen molar-refractivity contribution < 1.29 is 4.57 Å². The van der Waals surface area contributed by atoms with Gasteiger partial charge in [0.1, 0.15) is 6.20 Å². The summed E-state index contributed by atoms with van der Waals surface area (Å²) in [5.41, 5.74) is 9.79. The van der Waals surface area contributed by atoms with Gasteiger partial charge in [0.05, 0.1) is 30.3 Å². The minimum Gasteiger partial charge on any atom is -0.260 e. The summed E-state index contributed by atoms with van der Waals surface area (Å²) >= 11 is 0. The molecule has 0 unspecified atom stereocenters. The van der Waals surface area contributed by atoms with E-state index in [4.69, 9.17) is 4.98 Å². The number of nitrogens with zero attached hydrogens (tertiary/aromatic N) is 3. The number of pyridine rings is 1. The summed E-state index contributed by atoms with van der Waals surface area (Å²) in [6, 6.07) is 8.59. The van der Waals surface area contributed by atoms with Crippen LogP contribution in [0.4, 0.5) is 0 Å². The molecule has 0 N–H and O–H groups in total. The van der Waals surface area contributed by atoms with Gasteiger partial charge in [-0.15, -0.1) is 0 Å². The van der Waals surface area contributed by atoms with Crippen LogP contribution in [0, 0.1) is 20.8 Å². The zero-order valence-electron chi connectivity index (χ0n) is 14.0. The number of hydrogen-bond donors (Lipinski definition) is 0. The van der Waals surface area contributed by atoms with Gasteiger partial charge in [0.15, 0.2) is 5.69 Å². The summed E-state index contributed by atoms with van der Waals surface area (Å²) in [5, 5.41) is 0. The molecule has 1 aliphatic rings. The van der Waals surface area contributed by atoms with Crippen molar-refractivity contribution in [2.75, 3.05) is 0 Å². The van der Waals surface area contributed by atoms with Gasteiger partial charge < -0.3 is 0 Å². The molecule has 0 spiro atoms. The monoisotopic (exact) mass is 302 g/mol. The van der Waals surface area contributed by atoms with E-state index in [0.717, 1.165) is 23.6 Å². The third kappa shape index (κ3) is 2.15. The van der Waals surface area contributed by atoms with Crippen LogP contribution in [-0.2, 0) is 13.5 Å². The van der Waals surface area contributed by atoms with Crippen LogP contribution >= 0.6 is 0 Å². The molecular weight excluding hydrogens is 282 g/mol. The lowest BCUT2D eigenvalue weighted by atomic mass is 9.99. The molecule has 0 fully saturated rings. The van der Waals surface area contributed by atoms with Gasteiger partial charge >= 0.3 is 5.82 Å². The molecular formula is C20H20N3+. The maximum Gasteiger partial charge on any atom is 0.330 e. The first kappa shape index (κ1) is 14.1. The van der Waals surface area contributed by atoms with Gasteiger partial charge in [-0.1, -0.05) is 12.1 Å². The Hall–Kier alpha value is -2.55. The maximum atomic E-state index is 5.00. The van der Waals surface area contributed by atoms with Crippen LogP contribution in [-0.4, -0.2) is 9.97 Å². The topological polar surface area (TPSA) is 29.7 Å². The summed E-state index contributed by atoms with van der Waals surface area (Å²) in [4.78, 5) is 9.51. The number of hydrogen-bond acceptors (Lipinski definition) is 2. The number of benzene rings is 1. The Bertz CT molecular complexity index is 942. The van der Waals surface area contributed by atoms with Crippen molar-refractivity contribution in [1.29, 1.82) is 0 Å². The zero-order valence-corrected chi connectivity index (χ0v) is 14.0. The van der Waals surface area contributed by atoms with Crippen molar-refractivity contribution in [3.05, 3.63) is 64.7 Å². The predicted molar refractivity (Wildman–Crippen MR) is 91.1 cm³/mol. The van der Waals surface area contributed by atoms with Gasteiger partial charge in [0.25, 0.3) is 0 Å². The molecule has 0 saturated heterocycles. The second kappa shape index (κ2) is 4.98. The summed E-state index contributed by atoms with van der Waals surface area (Å²) < 4.78 is 2.14. The molecule has 23 heavy (non-hydrogen) atoms. The third-order valence-electron chi connectivity index (χ3n) is 4.78. The molecule has 3 heteroatoms. The highest BCUT2D eigenvalue weighted by Gasteiger charge is 2.29. The van der Waals surface area contributed by atoms with Gasteiger partial charge in [0.2, 0.25) is 0 Å². The first-order valence-corrected chi connectivity index (χ1v) is 7.96. The summed E-state index contributed by atoms with van der Waals surface area (Å²) in [6.07, 6.45) is 4.88. The summed E-state index contributed by atoms with van der Waals surface area (Å²) in [7, 11) is 2.08. The molecule has 0 saturated carbocycles. The first-order valence-electron chi connectivity index (χ1n) is 7.96. The summed E-state index contributed by atoms with van der Waals surface area (Å²) in [6.45, 7) is 6.48. The van der Waals surface area contributed by atoms with E-state index in [1.54, 1.807) is 0 Å². The van der Waals surface area contributed by atoms with Crippen LogP contribution < -0.4 is 4.57 Å². The number of fused-ring (bicyclic) bond motifs is 3. The van der Waals surface area contributed by atoms with E-state index in [-0.39, 0.29) is 0 Å². The Morgan fingerprint density at radius 1 is 1.00 bits per heavy atom. The lowest BCUT2D eigenvalue weighted by Crippen LogP contribution is -2.33. The largest absolute Gasteiger partial charge is 0.330 e. The van der Waals surface area contributed by atoms with E-state index in [9.17, 15) is 0 Å². The third-order valence-corrected chi connectivity index (χ3v) is 4.78. The normalized spacial score (nSPS) is 12.2. The zero-order chi connectivity index (χ0) is 16.1. The van der Waals surface area contributed by atoms with Gasteiger partial charge in [-0.2, -0.15) is 0 Å². The molecule has 3 nitrogen and oxygen atoms in total. The predicted octanol–water partition coefficient (Wildman–Crippen LogP) is 3.46. The van der Waals surface area contributed by atoms with E-state index in [1.807, 2.05) is 12.3 Å². The van der Waals surface area contributed by atoms with Crippen LogP contribution in [0.25, 0.3) is 22.5 Å². The highest BCUT2D eigenvalue weighted by atomic mass is 15.0. The molecule has 3 aromatic rings. The van der Waals surface area contributed by atoms with Crippen molar-refractivity contribution >= 4 is 0 Å². The van der Waals surface area contributed by atoms with Gasteiger partial charge in [-0.05, 0) is 54.6 Å². The average molecular weight is 302 g/mol. The molecule has 1 aromatic carbocycles. The van der Waals surface area contributed by atoms with Crippen LogP contribution in [0.15, 0.2) is 36.7 Å². The molecule has 4 rings (SSSR count). The molecule has 2 heterocycles. The van der Waals surface area contributed by atoms with E-state index in [0.29, 0.717) is 0 Å². The van der Waals surface area contributed by atoms with Crippen molar-refractivity contribution in [3.63, 3.8) is 0 Å². The number of rotatable bonds is 1. The standard InChI is InChI=1S/C20H20N3/c1-12-8-13(2)14(3)16(9-12)20-22-19-10-18-15(6-5-7-21-18)17(19)11-23(20)4/h5-9,11H,10H2,1-4H3/q+1. The van der Waals surface area contributed by atoms with Crippen molar-refractivity contribution in [1.82, 2.24) is 9.97 Å². The number of aromatic nitrogens is 3. The lowest BCUT2D eigenvalue weighted by molar-refractivity contribution is -0.662. The number of aryl methyl sites for hydroxylation is 3. The lowest BCUT2D eigenvalue weighted by Gasteiger charge is -2.09.